The molecular formula is C11H16O. The van der Waals surface area contributed by atoms with Crippen molar-refractivity contribution < 1.29 is 4.79 Å². The summed E-state index contributed by atoms with van der Waals surface area (Å²) in [5.41, 5.74) is 0.539. The van der Waals surface area contributed by atoms with Crippen molar-refractivity contribution >= 4 is 5.78 Å². The molecule has 3 rings (SSSR count). The van der Waals surface area contributed by atoms with Gasteiger partial charge in [0, 0.05) is 12.3 Å². The zero-order valence-corrected chi connectivity index (χ0v) is 7.51. The first-order chi connectivity index (χ1) is 5.83. The van der Waals surface area contributed by atoms with Crippen LogP contribution in [0.2, 0.25) is 0 Å². The molecule has 0 N–H and O–H groups in total. The molecule has 0 heterocycles. The Morgan fingerprint density at radius 2 is 1.92 bits per heavy atom. The summed E-state index contributed by atoms with van der Waals surface area (Å²) in [4.78, 5) is 11.7. The van der Waals surface area contributed by atoms with Crippen LogP contribution in [0.4, 0.5) is 0 Å². The fourth-order valence-electron chi connectivity index (χ4n) is 4.23. The van der Waals surface area contributed by atoms with Crippen LogP contribution >= 0.6 is 0 Å². The van der Waals surface area contributed by atoms with E-state index in [9.17, 15) is 4.79 Å². The van der Waals surface area contributed by atoms with E-state index in [2.05, 4.69) is 0 Å². The molecule has 0 saturated heterocycles. The first-order valence-electron chi connectivity index (χ1n) is 5.36. The van der Waals surface area contributed by atoms with E-state index >= 15 is 0 Å². The van der Waals surface area contributed by atoms with Crippen molar-refractivity contribution in [2.45, 2.75) is 44.9 Å². The molecule has 3 aliphatic carbocycles. The summed E-state index contributed by atoms with van der Waals surface area (Å²) in [6.45, 7) is 0. The van der Waals surface area contributed by atoms with Gasteiger partial charge in [0.25, 0.3) is 0 Å². The van der Waals surface area contributed by atoms with Crippen LogP contribution in [0.1, 0.15) is 44.9 Å². The van der Waals surface area contributed by atoms with Crippen LogP contribution < -0.4 is 0 Å². The molecule has 66 valence electrons. The SMILES string of the molecule is O=C1C[C@@H]2CCC[C@@]23CCC[C@@H]13. The van der Waals surface area contributed by atoms with Crippen molar-refractivity contribution in [2.24, 2.45) is 17.3 Å². The van der Waals surface area contributed by atoms with Gasteiger partial charge in [-0.1, -0.05) is 12.8 Å². The third-order valence-corrected chi connectivity index (χ3v) is 4.67. The Balaban J connectivity index is 2.03. The zero-order valence-electron chi connectivity index (χ0n) is 7.51. The highest BCUT2D eigenvalue weighted by atomic mass is 16.1. The van der Waals surface area contributed by atoms with Crippen LogP contribution in [0, 0.1) is 17.3 Å². The standard InChI is InChI=1S/C11H16O/c12-10-7-8-3-1-5-11(8)6-2-4-9(10)11/h8-9H,1-7H2/t8-,9-,11+/m0/s1. The molecule has 1 nitrogen and oxygen atoms in total. The number of carbonyl (C=O) groups excluding carboxylic acids is 1. The highest BCUT2D eigenvalue weighted by molar-refractivity contribution is 5.85. The molecular weight excluding hydrogens is 148 g/mol. The lowest BCUT2D eigenvalue weighted by atomic mass is 9.76. The lowest BCUT2D eigenvalue weighted by Crippen LogP contribution is -2.23. The summed E-state index contributed by atoms with van der Waals surface area (Å²) in [6, 6.07) is 0. The first-order valence-corrected chi connectivity index (χ1v) is 5.36. The van der Waals surface area contributed by atoms with Gasteiger partial charge in [0.05, 0.1) is 0 Å². The largest absolute Gasteiger partial charge is 0.299 e. The summed E-state index contributed by atoms with van der Waals surface area (Å²) in [5.74, 6) is 1.92. The lowest BCUT2D eigenvalue weighted by molar-refractivity contribution is -0.121. The molecule has 3 atom stereocenters. The van der Waals surface area contributed by atoms with Gasteiger partial charge >= 0.3 is 0 Å². The van der Waals surface area contributed by atoms with E-state index in [4.69, 9.17) is 0 Å². The predicted octanol–water partition coefficient (Wildman–Crippen LogP) is 2.55. The number of hydrogen-bond acceptors (Lipinski definition) is 1. The van der Waals surface area contributed by atoms with Gasteiger partial charge in [-0.3, -0.25) is 4.79 Å². The maximum atomic E-state index is 11.7. The van der Waals surface area contributed by atoms with E-state index in [-0.39, 0.29) is 0 Å². The molecule has 0 aromatic rings. The number of hydrogen-bond donors (Lipinski definition) is 0. The van der Waals surface area contributed by atoms with Crippen LogP contribution in [0.5, 0.6) is 0 Å². The van der Waals surface area contributed by atoms with Crippen molar-refractivity contribution in [3.8, 4) is 0 Å². The molecule has 0 aromatic heterocycles. The number of carbonyl (C=O) groups is 1. The molecule has 0 amide bonds. The van der Waals surface area contributed by atoms with E-state index in [0.717, 1.165) is 12.3 Å². The van der Waals surface area contributed by atoms with Crippen LogP contribution in [0.3, 0.4) is 0 Å². The Hall–Kier alpha value is -0.330. The third kappa shape index (κ3) is 0.641. The molecule has 1 spiro atoms. The van der Waals surface area contributed by atoms with E-state index in [1.165, 1.54) is 38.5 Å². The maximum absolute atomic E-state index is 11.7. The summed E-state index contributed by atoms with van der Waals surface area (Å²) in [7, 11) is 0. The van der Waals surface area contributed by atoms with E-state index in [1.807, 2.05) is 0 Å². The molecule has 3 aliphatic rings. The van der Waals surface area contributed by atoms with Gasteiger partial charge in [-0.15, -0.1) is 0 Å². The van der Waals surface area contributed by atoms with E-state index < -0.39 is 0 Å². The molecule has 0 radical (unpaired) electrons. The van der Waals surface area contributed by atoms with Crippen molar-refractivity contribution in [1.82, 2.24) is 0 Å². The quantitative estimate of drug-likeness (QED) is 0.537. The average molecular weight is 164 g/mol. The highest BCUT2D eigenvalue weighted by Crippen LogP contribution is 2.63. The molecule has 0 unspecified atom stereocenters. The molecule has 0 bridgehead atoms. The van der Waals surface area contributed by atoms with Crippen LogP contribution in [-0.2, 0) is 4.79 Å². The summed E-state index contributed by atoms with van der Waals surface area (Å²) >= 11 is 0. The Bertz CT molecular complexity index is 229. The molecule has 0 aliphatic heterocycles. The van der Waals surface area contributed by atoms with E-state index in [1.54, 1.807) is 0 Å². The van der Waals surface area contributed by atoms with Gasteiger partial charge in [-0.2, -0.15) is 0 Å². The maximum Gasteiger partial charge on any atom is 0.136 e. The summed E-state index contributed by atoms with van der Waals surface area (Å²) < 4.78 is 0. The Labute approximate surface area is 73.5 Å². The van der Waals surface area contributed by atoms with E-state index in [0.29, 0.717) is 17.1 Å². The fraction of sp³-hybridized carbons (Fsp3) is 0.909. The van der Waals surface area contributed by atoms with Crippen molar-refractivity contribution in [2.75, 3.05) is 0 Å². The number of ketones is 1. The van der Waals surface area contributed by atoms with Gasteiger partial charge in [-0.05, 0) is 37.0 Å². The summed E-state index contributed by atoms with van der Waals surface area (Å²) in [6.07, 6.45) is 8.96. The van der Waals surface area contributed by atoms with Crippen molar-refractivity contribution in [1.29, 1.82) is 0 Å². The molecule has 0 aromatic carbocycles. The second-order valence-corrected chi connectivity index (χ2v) is 4.94. The fourth-order valence-corrected chi connectivity index (χ4v) is 4.23. The lowest BCUT2D eigenvalue weighted by Gasteiger charge is -2.27. The van der Waals surface area contributed by atoms with Gasteiger partial charge < -0.3 is 0 Å². The monoisotopic (exact) mass is 164 g/mol. The van der Waals surface area contributed by atoms with Gasteiger partial charge in [0.15, 0.2) is 0 Å². The third-order valence-electron chi connectivity index (χ3n) is 4.67. The van der Waals surface area contributed by atoms with Gasteiger partial charge in [0.1, 0.15) is 5.78 Å². The minimum Gasteiger partial charge on any atom is -0.299 e. The molecule has 1 heteroatoms. The van der Waals surface area contributed by atoms with Gasteiger partial charge in [0.2, 0.25) is 0 Å². The topological polar surface area (TPSA) is 17.1 Å². The van der Waals surface area contributed by atoms with Crippen LogP contribution in [0.25, 0.3) is 0 Å². The average Bonchev–Trinajstić information content (AvgIpc) is 2.63. The van der Waals surface area contributed by atoms with Crippen LogP contribution in [0.15, 0.2) is 0 Å². The van der Waals surface area contributed by atoms with Crippen molar-refractivity contribution in [3.05, 3.63) is 0 Å². The second-order valence-electron chi connectivity index (χ2n) is 4.94. The minimum atomic E-state index is 0.505. The minimum absolute atomic E-state index is 0.505. The number of rotatable bonds is 0. The second kappa shape index (κ2) is 2.12. The molecule has 3 saturated carbocycles. The first kappa shape index (κ1) is 7.11. The smallest absolute Gasteiger partial charge is 0.136 e. The Morgan fingerprint density at radius 3 is 2.75 bits per heavy atom. The Kier molecular flexibility index (Phi) is 1.26. The van der Waals surface area contributed by atoms with Crippen LogP contribution in [-0.4, -0.2) is 5.78 Å². The summed E-state index contributed by atoms with van der Waals surface area (Å²) in [5, 5.41) is 0. The Morgan fingerprint density at radius 1 is 1.17 bits per heavy atom. The normalized spacial score (nSPS) is 51.2. The van der Waals surface area contributed by atoms with Gasteiger partial charge in [-0.25, -0.2) is 0 Å². The molecule has 3 fully saturated rings. The highest BCUT2D eigenvalue weighted by Gasteiger charge is 2.58. The number of Topliss-reactive ketones (excluding diaryl/α,β-unsaturated/α-hetero) is 1. The predicted molar refractivity (Wildman–Crippen MR) is 46.7 cm³/mol. The van der Waals surface area contributed by atoms with Crippen molar-refractivity contribution in [3.63, 3.8) is 0 Å². The molecule has 12 heavy (non-hydrogen) atoms. The zero-order chi connectivity index (χ0) is 8.18.